The Labute approximate surface area is 118 Å². The fraction of sp³-hybridized carbons (Fsp3) is 0.647. The molecule has 1 aliphatic heterocycles. The molecule has 3 unspecified atom stereocenters. The summed E-state index contributed by atoms with van der Waals surface area (Å²) in [5.41, 5.74) is 8.74. The summed E-state index contributed by atoms with van der Waals surface area (Å²) in [6.07, 6.45) is 3.54. The second-order valence-corrected chi connectivity index (χ2v) is 5.90. The molecule has 1 fully saturated rings. The van der Waals surface area contributed by atoms with Crippen LogP contribution in [0.2, 0.25) is 0 Å². The Kier molecular flexibility index (Phi) is 5.00. The molecule has 3 atom stereocenters. The Morgan fingerprint density at radius 1 is 1.26 bits per heavy atom. The highest BCUT2D eigenvalue weighted by Gasteiger charge is 2.32. The van der Waals surface area contributed by atoms with Gasteiger partial charge in [0.25, 0.3) is 0 Å². The maximum absolute atomic E-state index is 5.85. The molecule has 0 saturated carbocycles. The van der Waals surface area contributed by atoms with E-state index in [-0.39, 0.29) is 0 Å². The van der Waals surface area contributed by atoms with Crippen LogP contribution in [-0.4, -0.2) is 24.0 Å². The van der Waals surface area contributed by atoms with E-state index in [0.29, 0.717) is 18.0 Å². The van der Waals surface area contributed by atoms with Gasteiger partial charge in [-0.3, -0.25) is 4.90 Å². The van der Waals surface area contributed by atoms with E-state index in [1.165, 1.54) is 24.0 Å². The molecule has 0 aromatic heterocycles. The molecule has 1 heterocycles. The van der Waals surface area contributed by atoms with Crippen molar-refractivity contribution in [2.75, 3.05) is 13.1 Å². The highest BCUT2D eigenvalue weighted by molar-refractivity contribution is 5.25. The Balaban J connectivity index is 2.14. The molecule has 0 spiro atoms. The quantitative estimate of drug-likeness (QED) is 0.879. The van der Waals surface area contributed by atoms with Crippen molar-refractivity contribution in [3.63, 3.8) is 0 Å². The lowest BCUT2D eigenvalue weighted by atomic mass is 10.00. The molecule has 0 radical (unpaired) electrons. The van der Waals surface area contributed by atoms with E-state index in [2.05, 4.69) is 49.9 Å². The predicted octanol–water partition coefficient (Wildman–Crippen LogP) is 3.37. The van der Waals surface area contributed by atoms with Crippen molar-refractivity contribution in [2.45, 2.75) is 52.1 Å². The Hall–Kier alpha value is -0.860. The Morgan fingerprint density at radius 2 is 1.95 bits per heavy atom. The molecule has 2 heteroatoms. The van der Waals surface area contributed by atoms with E-state index in [9.17, 15) is 0 Å². The van der Waals surface area contributed by atoms with Crippen LogP contribution in [0.15, 0.2) is 24.3 Å². The molecule has 106 valence electrons. The van der Waals surface area contributed by atoms with Gasteiger partial charge in [-0.1, -0.05) is 38.1 Å². The molecule has 1 saturated heterocycles. The van der Waals surface area contributed by atoms with Gasteiger partial charge in [0.05, 0.1) is 0 Å². The van der Waals surface area contributed by atoms with Crippen LogP contribution in [0.1, 0.15) is 50.8 Å². The maximum atomic E-state index is 5.85. The summed E-state index contributed by atoms with van der Waals surface area (Å²) in [6, 6.07) is 10.4. The van der Waals surface area contributed by atoms with E-state index >= 15 is 0 Å². The molecule has 0 amide bonds. The van der Waals surface area contributed by atoms with E-state index in [1.807, 2.05) is 0 Å². The molecule has 1 aliphatic rings. The summed E-state index contributed by atoms with van der Waals surface area (Å²) in [4.78, 5) is 2.65. The lowest BCUT2D eigenvalue weighted by Gasteiger charge is -2.31. The van der Waals surface area contributed by atoms with Crippen LogP contribution >= 0.6 is 0 Å². The molecule has 2 rings (SSSR count). The van der Waals surface area contributed by atoms with E-state index < -0.39 is 0 Å². The molecular weight excluding hydrogens is 232 g/mol. The van der Waals surface area contributed by atoms with E-state index in [4.69, 9.17) is 5.73 Å². The van der Waals surface area contributed by atoms with Crippen molar-refractivity contribution in [1.82, 2.24) is 4.90 Å². The van der Waals surface area contributed by atoms with Gasteiger partial charge in [0, 0.05) is 18.6 Å². The minimum absolute atomic E-state index is 0.553. The van der Waals surface area contributed by atoms with Gasteiger partial charge in [-0.2, -0.15) is 0 Å². The van der Waals surface area contributed by atoms with Gasteiger partial charge in [-0.05, 0) is 49.8 Å². The molecule has 1 aromatic carbocycles. The largest absolute Gasteiger partial charge is 0.330 e. The smallest absolute Gasteiger partial charge is 0.0348 e. The lowest BCUT2D eigenvalue weighted by Crippen LogP contribution is -2.32. The fourth-order valence-electron chi connectivity index (χ4n) is 3.41. The maximum Gasteiger partial charge on any atom is 0.0348 e. The minimum Gasteiger partial charge on any atom is -0.330 e. The molecule has 2 N–H and O–H groups in total. The highest BCUT2D eigenvalue weighted by atomic mass is 15.2. The van der Waals surface area contributed by atoms with Gasteiger partial charge < -0.3 is 5.73 Å². The van der Waals surface area contributed by atoms with Crippen LogP contribution in [0.3, 0.4) is 0 Å². The first-order chi connectivity index (χ1) is 9.19. The first-order valence-corrected chi connectivity index (χ1v) is 7.74. The average Bonchev–Trinajstić information content (AvgIpc) is 2.82. The van der Waals surface area contributed by atoms with Gasteiger partial charge in [0.2, 0.25) is 0 Å². The monoisotopic (exact) mass is 260 g/mol. The number of hydrogen-bond donors (Lipinski definition) is 1. The number of benzene rings is 1. The normalized spacial score (nSPS) is 25.7. The first-order valence-electron chi connectivity index (χ1n) is 7.74. The van der Waals surface area contributed by atoms with Crippen LogP contribution in [0.5, 0.6) is 0 Å². The third-order valence-electron chi connectivity index (χ3n) is 4.60. The zero-order valence-corrected chi connectivity index (χ0v) is 12.6. The molecule has 0 bridgehead atoms. The molecule has 1 aromatic rings. The topological polar surface area (TPSA) is 29.3 Å². The van der Waals surface area contributed by atoms with Gasteiger partial charge in [0.1, 0.15) is 0 Å². The SMILES string of the molecule is CCc1ccc(C(CC)N2CC(CN)CC2C)cc1. The zero-order chi connectivity index (χ0) is 13.8. The van der Waals surface area contributed by atoms with Crippen molar-refractivity contribution in [1.29, 1.82) is 0 Å². The summed E-state index contributed by atoms with van der Waals surface area (Å²) in [5.74, 6) is 0.680. The Morgan fingerprint density at radius 3 is 2.42 bits per heavy atom. The molecule has 0 aliphatic carbocycles. The predicted molar refractivity (Wildman–Crippen MR) is 82.2 cm³/mol. The van der Waals surface area contributed by atoms with Crippen molar-refractivity contribution in [3.05, 3.63) is 35.4 Å². The van der Waals surface area contributed by atoms with Crippen LogP contribution in [0.25, 0.3) is 0 Å². The van der Waals surface area contributed by atoms with Crippen molar-refractivity contribution in [3.8, 4) is 0 Å². The van der Waals surface area contributed by atoms with Gasteiger partial charge in [0.15, 0.2) is 0 Å². The number of aryl methyl sites for hydroxylation is 1. The van der Waals surface area contributed by atoms with Crippen molar-refractivity contribution >= 4 is 0 Å². The number of nitrogens with zero attached hydrogens (tertiary/aromatic N) is 1. The summed E-state index contributed by atoms with van der Waals surface area (Å²) in [6.45, 7) is 8.83. The third-order valence-corrected chi connectivity index (χ3v) is 4.60. The van der Waals surface area contributed by atoms with Crippen molar-refractivity contribution < 1.29 is 0 Å². The van der Waals surface area contributed by atoms with E-state index in [1.54, 1.807) is 0 Å². The van der Waals surface area contributed by atoms with Gasteiger partial charge >= 0.3 is 0 Å². The average molecular weight is 260 g/mol. The fourth-order valence-corrected chi connectivity index (χ4v) is 3.41. The number of likely N-dealkylation sites (tertiary alicyclic amines) is 1. The number of rotatable bonds is 5. The second kappa shape index (κ2) is 6.53. The van der Waals surface area contributed by atoms with Crippen molar-refractivity contribution in [2.24, 2.45) is 11.7 Å². The molecule has 2 nitrogen and oxygen atoms in total. The zero-order valence-electron chi connectivity index (χ0n) is 12.6. The minimum atomic E-state index is 0.553. The van der Waals surface area contributed by atoms with Crippen LogP contribution < -0.4 is 5.73 Å². The third kappa shape index (κ3) is 3.18. The summed E-state index contributed by atoms with van der Waals surface area (Å²) in [7, 11) is 0. The lowest BCUT2D eigenvalue weighted by molar-refractivity contribution is 0.182. The van der Waals surface area contributed by atoms with E-state index in [0.717, 1.165) is 19.5 Å². The summed E-state index contributed by atoms with van der Waals surface area (Å²) >= 11 is 0. The first kappa shape index (κ1) is 14.5. The molecule has 19 heavy (non-hydrogen) atoms. The second-order valence-electron chi connectivity index (χ2n) is 5.90. The van der Waals surface area contributed by atoms with Crippen LogP contribution in [0, 0.1) is 5.92 Å². The number of nitrogens with two attached hydrogens (primary N) is 1. The number of hydrogen-bond acceptors (Lipinski definition) is 2. The summed E-state index contributed by atoms with van der Waals surface area (Å²) < 4.78 is 0. The van der Waals surface area contributed by atoms with Crippen LogP contribution in [0.4, 0.5) is 0 Å². The Bertz CT molecular complexity index is 385. The standard InChI is InChI=1S/C17H28N2/c1-4-14-6-8-16(9-7-14)17(5-2)19-12-15(11-18)10-13(19)3/h6-9,13,15,17H,4-5,10-12,18H2,1-3H3. The van der Waals surface area contributed by atoms with Crippen LogP contribution in [-0.2, 0) is 6.42 Å². The highest BCUT2D eigenvalue weighted by Crippen LogP contribution is 2.33. The van der Waals surface area contributed by atoms with Gasteiger partial charge in [-0.15, -0.1) is 0 Å². The van der Waals surface area contributed by atoms with Gasteiger partial charge in [-0.25, -0.2) is 0 Å². The molecular formula is C17H28N2. The summed E-state index contributed by atoms with van der Waals surface area (Å²) in [5, 5.41) is 0.